The van der Waals surface area contributed by atoms with E-state index in [1.54, 1.807) is 18.3 Å². The first-order valence-electron chi connectivity index (χ1n) is 8.42. The summed E-state index contributed by atoms with van der Waals surface area (Å²) in [5.74, 6) is -0.299. The Kier molecular flexibility index (Phi) is 5.77. The number of carbonyl (C=O) groups is 2. The van der Waals surface area contributed by atoms with Gasteiger partial charge < -0.3 is 15.4 Å². The first-order valence-corrected chi connectivity index (χ1v) is 8.42. The third kappa shape index (κ3) is 5.83. The smallest absolute Gasteiger partial charge is 0.241 e. The minimum atomic E-state index is -0.381. The number of nitrogens with one attached hydrogen (secondary N) is 2. The highest BCUT2D eigenvalue weighted by Crippen LogP contribution is 2.18. The van der Waals surface area contributed by atoms with Crippen molar-refractivity contribution >= 4 is 11.8 Å². The van der Waals surface area contributed by atoms with Crippen molar-refractivity contribution in [3.05, 3.63) is 42.0 Å². The number of rotatable bonds is 9. The molecule has 9 heteroatoms. The lowest BCUT2D eigenvalue weighted by Gasteiger charge is -2.05. The molecule has 1 saturated carbocycles. The van der Waals surface area contributed by atoms with E-state index in [0.29, 0.717) is 17.5 Å². The molecule has 0 radical (unpaired) electrons. The number of hydrogen-bond acceptors (Lipinski definition) is 5. The maximum Gasteiger partial charge on any atom is 0.241 e. The SMILES string of the molecule is O=C(Cn1cc(COc2cccc(F)c2)nn1)NCCC(=O)NC1CC1. The van der Waals surface area contributed by atoms with Gasteiger partial charge in [-0.05, 0) is 25.0 Å². The van der Waals surface area contributed by atoms with Gasteiger partial charge in [0.2, 0.25) is 11.8 Å². The molecule has 1 aromatic carbocycles. The van der Waals surface area contributed by atoms with Crippen molar-refractivity contribution in [2.45, 2.75) is 38.5 Å². The van der Waals surface area contributed by atoms with E-state index in [0.717, 1.165) is 12.8 Å². The molecule has 2 N–H and O–H groups in total. The second-order valence-corrected chi connectivity index (χ2v) is 6.10. The summed E-state index contributed by atoms with van der Waals surface area (Å²) in [5, 5.41) is 13.3. The van der Waals surface area contributed by atoms with Crippen molar-refractivity contribution in [2.24, 2.45) is 0 Å². The molecular formula is C17H20FN5O3. The van der Waals surface area contributed by atoms with Crippen LogP contribution in [-0.2, 0) is 22.7 Å². The van der Waals surface area contributed by atoms with Gasteiger partial charge in [0.15, 0.2) is 0 Å². The Morgan fingerprint density at radius 3 is 2.92 bits per heavy atom. The van der Waals surface area contributed by atoms with Crippen LogP contribution in [0.3, 0.4) is 0 Å². The number of carbonyl (C=O) groups excluding carboxylic acids is 2. The Bertz CT molecular complexity index is 775. The van der Waals surface area contributed by atoms with Crippen LogP contribution >= 0.6 is 0 Å². The average Bonchev–Trinajstić information content (AvgIpc) is 3.30. The molecule has 1 aliphatic rings. The van der Waals surface area contributed by atoms with Gasteiger partial charge >= 0.3 is 0 Å². The van der Waals surface area contributed by atoms with Crippen LogP contribution in [0.25, 0.3) is 0 Å². The molecule has 1 fully saturated rings. The molecule has 1 aromatic heterocycles. The monoisotopic (exact) mass is 361 g/mol. The first kappa shape index (κ1) is 17.8. The molecule has 2 aromatic rings. The van der Waals surface area contributed by atoms with E-state index < -0.39 is 0 Å². The van der Waals surface area contributed by atoms with Gasteiger partial charge in [-0.1, -0.05) is 11.3 Å². The van der Waals surface area contributed by atoms with Crippen molar-refractivity contribution in [3.8, 4) is 5.75 Å². The normalized spacial score (nSPS) is 13.3. The van der Waals surface area contributed by atoms with E-state index in [-0.39, 0.29) is 43.7 Å². The Morgan fingerprint density at radius 2 is 2.15 bits per heavy atom. The van der Waals surface area contributed by atoms with Crippen molar-refractivity contribution in [1.29, 1.82) is 0 Å². The van der Waals surface area contributed by atoms with E-state index >= 15 is 0 Å². The highest BCUT2D eigenvalue weighted by Gasteiger charge is 2.22. The van der Waals surface area contributed by atoms with E-state index in [2.05, 4.69) is 20.9 Å². The molecule has 0 bridgehead atoms. The van der Waals surface area contributed by atoms with Crippen LogP contribution in [-0.4, -0.2) is 39.4 Å². The van der Waals surface area contributed by atoms with Crippen LogP contribution in [0.4, 0.5) is 4.39 Å². The number of ether oxygens (including phenoxy) is 1. The average molecular weight is 361 g/mol. The zero-order chi connectivity index (χ0) is 18.4. The van der Waals surface area contributed by atoms with Crippen LogP contribution in [0, 0.1) is 5.82 Å². The number of benzene rings is 1. The van der Waals surface area contributed by atoms with Crippen molar-refractivity contribution in [1.82, 2.24) is 25.6 Å². The number of nitrogens with zero attached hydrogens (tertiary/aromatic N) is 3. The van der Waals surface area contributed by atoms with Gasteiger partial charge in [-0.25, -0.2) is 9.07 Å². The molecule has 0 aliphatic heterocycles. The van der Waals surface area contributed by atoms with Crippen LogP contribution in [0.15, 0.2) is 30.5 Å². The lowest BCUT2D eigenvalue weighted by Crippen LogP contribution is -2.33. The lowest BCUT2D eigenvalue weighted by molar-refractivity contribution is -0.122. The summed E-state index contributed by atoms with van der Waals surface area (Å²) < 4.78 is 19.9. The third-order valence-electron chi connectivity index (χ3n) is 3.69. The van der Waals surface area contributed by atoms with E-state index in [9.17, 15) is 14.0 Å². The van der Waals surface area contributed by atoms with Gasteiger partial charge in [-0.3, -0.25) is 9.59 Å². The zero-order valence-electron chi connectivity index (χ0n) is 14.2. The Labute approximate surface area is 149 Å². The summed E-state index contributed by atoms with van der Waals surface area (Å²) in [6.07, 6.45) is 3.91. The summed E-state index contributed by atoms with van der Waals surface area (Å²) in [7, 11) is 0. The molecule has 2 amide bonds. The van der Waals surface area contributed by atoms with Gasteiger partial charge in [0.05, 0.1) is 6.20 Å². The van der Waals surface area contributed by atoms with Gasteiger partial charge in [-0.2, -0.15) is 0 Å². The van der Waals surface area contributed by atoms with Gasteiger partial charge in [0.1, 0.15) is 30.4 Å². The largest absolute Gasteiger partial charge is 0.487 e. The van der Waals surface area contributed by atoms with Crippen LogP contribution < -0.4 is 15.4 Å². The molecule has 3 rings (SSSR count). The first-order chi connectivity index (χ1) is 12.6. The third-order valence-corrected chi connectivity index (χ3v) is 3.69. The number of amides is 2. The number of hydrogen-bond donors (Lipinski definition) is 2. The predicted molar refractivity (Wildman–Crippen MR) is 89.5 cm³/mol. The molecule has 0 spiro atoms. The molecule has 0 saturated heterocycles. The van der Waals surface area contributed by atoms with Gasteiger partial charge in [-0.15, -0.1) is 5.10 Å². The van der Waals surface area contributed by atoms with Crippen LogP contribution in [0.2, 0.25) is 0 Å². The molecule has 1 aliphatic carbocycles. The Morgan fingerprint density at radius 1 is 1.31 bits per heavy atom. The van der Waals surface area contributed by atoms with Gasteiger partial charge in [0, 0.05) is 25.1 Å². The molecule has 1 heterocycles. The minimum absolute atomic E-state index is 0.00277. The second kappa shape index (κ2) is 8.41. The topological polar surface area (TPSA) is 98.1 Å². The maximum absolute atomic E-state index is 13.1. The summed E-state index contributed by atoms with van der Waals surface area (Å²) in [6, 6.07) is 6.12. The van der Waals surface area contributed by atoms with E-state index in [1.165, 1.54) is 16.8 Å². The van der Waals surface area contributed by atoms with Crippen molar-refractivity contribution in [3.63, 3.8) is 0 Å². The van der Waals surface area contributed by atoms with Crippen molar-refractivity contribution < 1.29 is 18.7 Å². The summed E-state index contributed by atoms with van der Waals surface area (Å²) in [4.78, 5) is 23.4. The fraction of sp³-hybridized carbons (Fsp3) is 0.412. The van der Waals surface area contributed by atoms with Crippen molar-refractivity contribution in [2.75, 3.05) is 6.54 Å². The molecular weight excluding hydrogens is 341 g/mol. The molecule has 8 nitrogen and oxygen atoms in total. The second-order valence-electron chi connectivity index (χ2n) is 6.10. The fourth-order valence-electron chi connectivity index (χ4n) is 2.24. The standard InChI is InChI=1S/C17H20FN5O3/c18-12-2-1-3-15(8-12)26-11-14-9-23(22-21-14)10-17(25)19-7-6-16(24)20-13-4-5-13/h1-3,8-9,13H,4-7,10-11H2,(H,19,25)(H,20,24). The minimum Gasteiger partial charge on any atom is -0.487 e. The predicted octanol–water partition coefficient (Wildman–Crippen LogP) is 0.781. The van der Waals surface area contributed by atoms with Crippen LogP contribution in [0.5, 0.6) is 5.75 Å². The van der Waals surface area contributed by atoms with E-state index in [4.69, 9.17) is 4.74 Å². The molecule has 0 unspecified atom stereocenters. The summed E-state index contributed by atoms with van der Waals surface area (Å²) in [5.41, 5.74) is 0.519. The summed E-state index contributed by atoms with van der Waals surface area (Å²) >= 11 is 0. The Hall–Kier alpha value is -2.97. The molecule has 26 heavy (non-hydrogen) atoms. The lowest BCUT2D eigenvalue weighted by atomic mass is 10.3. The highest BCUT2D eigenvalue weighted by molar-refractivity contribution is 5.79. The maximum atomic E-state index is 13.1. The van der Waals surface area contributed by atoms with Gasteiger partial charge in [0.25, 0.3) is 0 Å². The Balaban J connectivity index is 1.37. The number of halogens is 1. The zero-order valence-corrected chi connectivity index (χ0v) is 14.2. The number of aromatic nitrogens is 3. The quantitative estimate of drug-likeness (QED) is 0.688. The molecule has 0 atom stereocenters. The van der Waals surface area contributed by atoms with E-state index in [1.807, 2.05) is 0 Å². The highest BCUT2D eigenvalue weighted by atomic mass is 19.1. The summed E-state index contributed by atoms with van der Waals surface area (Å²) in [6.45, 7) is 0.394. The molecule has 138 valence electrons. The fourth-order valence-corrected chi connectivity index (χ4v) is 2.24. The van der Waals surface area contributed by atoms with Crippen LogP contribution in [0.1, 0.15) is 25.0 Å².